The van der Waals surface area contributed by atoms with E-state index >= 15 is 0 Å². The predicted molar refractivity (Wildman–Crippen MR) is 98.6 cm³/mol. The molecule has 0 radical (unpaired) electrons. The Kier molecular flexibility index (Phi) is 3.27. The Balaban J connectivity index is 1.69. The molecule has 25 heavy (non-hydrogen) atoms. The van der Waals surface area contributed by atoms with Gasteiger partial charge in [-0.15, -0.1) is 0 Å². The smallest absolute Gasteiger partial charge is 0.111 e. The van der Waals surface area contributed by atoms with Crippen molar-refractivity contribution in [3.05, 3.63) is 64.6 Å². The molecule has 0 spiro atoms. The van der Waals surface area contributed by atoms with E-state index in [2.05, 4.69) is 58.8 Å². The van der Waals surface area contributed by atoms with Crippen molar-refractivity contribution < 1.29 is 4.74 Å². The fourth-order valence-electron chi connectivity index (χ4n) is 4.46. The molecule has 0 bridgehead atoms. The molecule has 2 atom stereocenters. The van der Waals surface area contributed by atoms with E-state index in [1.807, 2.05) is 13.1 Å². The molecule has 4 nitrogen and oxygen atoms in total. The second-order valence-corrected chi connectivity index (χ2v) is 7.54. The Bertz CT molecular complexity index is 975. The van der Waals surface area contributed by atoms with Gasteiger partial charge in [-0.3, -0.25) is 9.88 Å². The summed E-state index contributed by atoms with van der Waals surface area (Å²) in [6, 6.07) is 11.1. The average Bonchev–Trinajstić information content (AvgIpc) is 2.89. The van der Waals surface area contributed by atoms with Crippen molar-refractivity contribution in [2.75, 3.05) is 13.6 Å². The highest BCUT2D eigenvalue weighted by Gasteiger charge is 2.37. The minimum absolute atomic E-state index is 0.0791. The fourth-order valence-corrected chi connectivity index (χ4v) is 4.46. The molecule has 2 aromatic heterocycles. The van der Waals surface area contributed by atoms with Gasteiger partial charge in [0.15, 0.2) is 0 Å². The number of fused-ring (bicyclic) bond motifs is 3. The molecule has 0 saturated carbocycles. The quantitative estimate of drug-likeness (QED) is 0.676. The van der Waals surface area contributed by atoms with Crippen molar-refractivity contribution in [1.29, 1.82) is 0 Å². The van der Waals surface area contributed by atoms with Crippen LogP contribution in [0.25, 0.3) is 10.9 Å². The molecule has 0 N–H and O–H groups in total. The Labute approximate surface area is 148 Å². The number of benzene rings is 1. The van der Waals surface area contributed by atoms with E-state index in [1.165, 1.54) is 33.3 Å². The van der Waals surface area contributed by atoms with Gasteiger partial charge in [0.2, 0.25) is 0 Å². The summed E-state index contributed by atoms with van der Waals surface area (Å²) in [4.78, 5) is 6.71. The van der Waals surface area contributed by atoms with Gasteiger partial charge in [-0.1, -0.05) is 11.6 Å². The third-order valence-corrected chi connectivity index (χ3v) is 5.55. The van der Waals surface area contributed by atoms with E-state index in [0.717, 1.165) is 25.3 Å². The summed E-state index contributed by atoms with van der Waals surface area (Å²) in [5, 5.41) is 1.39. The predicted octanol–water partition coefficient (Wildman–Crippen LogP) is 3.91. The van der Waals surface area contributed by atoms with Crippen LogP contribution in [0, 0.1) is 13.8 Å². The van der Waals surface area contributed by atoms with Crippen LogP contribution in [0.3, 0.4) is 0 Å². The van der Waals surface area contributed by atoms with E-state index in [9.17, 15) is 0 Å². The van der Waals surface area contributed by atoms with E-state index in [4.69, 9.17) is 4.74 Å². The molecule has 5 rings (SSSR count). The third-order valence-electron chi connectivity index (χ3n) is 5.55. The van der Waals surface area contributed by atoms with Gasteiger partial charge in [-0.05, 0) is 56.3 Å². The molecule has 0 amide bonds. The summed E-state index contributed by atoms with van der Waals surface area (Å²) in [5.74, 6) is 0. The molecular weight excluding hydrogens is 310 g/mol. The molecule has 4 heteroatoms. The Morgan fingerprint density at radius 2 is 1.96 bits per heavy atom. The highest BCUT2D eigenvalue weighted by molar-refractivity contribution is 5.87. The number of ether oxygens (including phenoxy) is 1. The van der Waals surface area contributed by atoms with Crippen LogP contribution in [0.4, 0.5) is 0 Å². The summed E-state index contributed by atoms with van der Waals surface area (Å²) >= 11 is 0. The van der Waals surface area contributed by atoms with Crippen LogP contribution in [-0.4, -0.2) is 28.0 Å². The molecule has 0 saturated heterocycles. The van der Waals surface area contributed by atoms with Crippen molar-refractivity contribution >= 4 is 10.9 Å². The van der Waals surface area contributed by atoms with Gasteiger partial charge in [0, 0.05) is 35.9 Å². The largest absolute Gasteiger partial charge is 0.361 e. The lowest BCUT2D eigenvalue weighted by Gasteiger charge is -2.38. The Morgan fingerprint density at radius 1 is 1.08 bits per heavy atom. The lowest BCUT2D eigenvalue weighted by Crippen LogP contribution is -2.37. The minimum Gasteiger partial charge on any atom is -0.361 e. The minimum atomic E-state index is 0.0791. The van der Waals surface area contributed by atoms with Gasteiger partial charge in [0.25, 0.3) is 0 Å². The van der Waals surface area contributed by atoms with Crippen molar-refractivity contribution in [3.8, 4) is 0 Å². The van der Waals surface area contributed by atoms with E-state index in [0.29, 0.717) is 0 Å². The second-order valence-electron chi connectivity index (χ2n) is 7.54. The fraction of sp³-hybridized carbons (Fsp3) is 0.381. The first-order valence-electron chi connectivity index (χ1n) is 8.98. The van der Waals surface area contributed by atoms with Gasteiger partial charge < -0.3 is 9.30 Å². The molecule has 2 aliphatic heterocycles. The van der Waals surface area contributed by atoms with E-state index in [-0.39, 0.29) is 12.2 Å². The first-order chi connectivity index (χ1) is 12.1. The van der Waals surface area contributed by atoms with Gasteiger partial charge >= 0.3 is 0 Å². The molecule has 2 unspecified atom stereocenters. The van der Waals surface area contributed by atoms with Crippen LogP contribution in [-0.2, 0) is 17.8 Å². The standard InChI is InChI=1S/C21H23N3O/c1-13-4-5-18-16(8-13)17-10-23(3)11-20-21(17)24(18)12-19(25-20)15-6-7-22-14(2)9-15/h4-9,19-20H,10-12H2,1-3H3. The maximum Gasteiger partial charge on any atom is 0.111 e. The highest BCUT2D eigenvalue weighted by atomic mass is 16.5. The number of rotatable bonds is 1. The number of hydrogen-bond acceptors (Lipinski definition) is 3. The molecule has 3 aromatic rings. The number of likely N-dealkylation sites (N-methyl/N-ethyl adjacent to an activating group) is 1. The van der Waals surface area contributed by atoms with Crippen LogP contribution in [0.15, 0.2) is 36.5 Å². The van der Waals surface area contributed by atoms with Gasteiger partial charge in [-0.25, -0.2) is 0 Å². The normalized spacial score (nSPS) is 23.0. The zero-order valence-corrected chi connectivity index (χ0v) is 15.0. The number of pyridine rings is 1. The Morgan fingerprint density at radius 3 is 2.80 bits per heavy atom. The van der Waals surface area contributed by atoms with Crippen LogP contribution < -0.4 is 0 Å². The number of aryl methyl sites for hydroxylation is 2. The monoisotopic (exact) mass is 333 g/mol. The zero-order chi connectivity index (χ0) is 17.1. The molecular formula is C21H23N3O. The lowest BCUT2D eigenvalue weighted by molar-refractivity contribution is -0.0671. The molecule has 4 heterocycles. The van der Waals surface area contributed by atoms with Crippen LogP contribution in [0.2, 0.25) is 0 Å². The van der Waals surface area contributed by atoms with Crippen molar-refractivity contribution in [2.24, 2.45) is 0 Å². The SMILES string of the molecule is Cc1ccc2c(c1)c1c3n2CC(c2ccnc(C)c2)OC3CN(C)C1. The maximum absolute atomic E-state index is 6.58. The van der Waals surface area contributed by atoms with Gasteiger partial charge in [0.1, 0.15) is 12.2 Å². The molecule has 0 aliphatic carbocycles. The molecule has 0 fully saturated rings. The van der Waals surface area contributed by atoms with E-state index in [1.54, 1.807) is 0 Å². The average molecular weight is 333 g/mol. The zero-order valence-electron chi connectivity index (χ0n) is 15.0. The van der Waals surface area contributed by atoms with Gasteiger partial charge in [-0.2, -0.15) is 0 Å². The van der Waals surface area contributed by atoms with Crippen molar-refractivity contribution in [2.45, 2.75) is 39.1 Å². The van der Waals surface area contributed by atoms with E-state index < -0.39 is 0 Å². The first kappa shape index (κ1) is 15.1. The summed E-state index contributed by atoms with van der Waals surface area (Å²) in [5.41, 5.74) is 7.76. The highest BCUT2D eigenvalue weighted by Crippen LogP contribution is 2.43. The number of aromatic nitrogens is 2. The summed E-state index contributed by atoms with van der Waals surface area (Å²) in [7, 11) is 2.19. The summed E-state index contributed by atoms with van der Waals surface area (Å²) in [6.07, 6.45) is 2.10. The summed E-state index contributed by atoms with van der Waals surface area (Å²) in [6.45, 7) is 7.03. The van der Waals surface area contributed by atoms with Gasteiger partial charge in [0.05, 0.1) is 12.2 Å². The third kappa shape index (κ3) is 2.32. The van der Waals surface area contributed by atoms with Crippen molar-refractivity contribution in [1.82, 2.24) is 14.5 Å². The molecule has 128 valence electrons. The topological polar surface area (TPSA) is 30.3 Å². The lowest BCUT2D eigenvalue weighted by atomic mass is 10.00. The maximum atomic E-state index is 6.58. The van der Waals surface area contributed by atoms with Crippen LogP contribution >= 0.6 is 0 Å². The van der Waals surface area contributed by atoms with Crippen LogP contribution in [0.1, 0.15) is 40.3 Å². The Hall–Kier alpha value is -2.17. The summed E-state index contributed by atoms with van der Waals surface area (Å²) < 4.78 is 9.08. The molecule has 2 aliphatic rings. The van der Waals surface area contributed by atoms with Crippen molar-refractivity contribution in [3.63, 3.8) is 0 Å². The number of nitrogens with zero attached hydrogens (tertiary/aromatic N) is 3. The molecule has 1 aromatic carbocycles. The van der Waals surface area contributed by atoms with Crippen LogP contribution in [0.5, 0.6) is 0 Å². The first-order valence-corrected chi connectivity index (χ1v) is 8.98. The number of hydrogen-bond donors (Lipinski definition) is 0. The second kappa shape index (κ2) is 5.41.